The Morgan fingerprint density at radius 2 is 0.690 bits per heavy atom. The SMILES string of the molecule is CC(=O)O.CC(=O)O.CC(=O)O.CC(=O)O.CC(=O)O.N.NCCNCCN.[Fe]. The Balaban J connectivity index is -0.0000000305. The van der Waals surface area contributed by atoms with Gasteiger partial charge in [-0.3, -0.25) is 24.0 Å². The molecule has 0 rings (SSSR count). The summed E-state index contributed by atoms with van der Waals surface area (Å²) in [5, 5.41) is 40.1. The molecule has 0 aromatic rings. The van der Waals surface area contributed by atoms with Crippen molar-refractivity contribution in [3.05, 3.63) is 0 Å². The quantitative estimate of drug-likeness (QED) is 0.176. The van der Waals surface area contributed by atoms with Gasteiger partial charge in [-0.2, -0.15) is 0 Å². The van der Waals surface area contributed by atoms with Crippen LogP contribution >= 0.6 is 0 Å². The van der Waals surface area contributed by atoms with Crippen LogP contribution in [0.25, 0.3) is 0 Å². The molecule has 0 heterocycles. The van der Waals surface area contributed by atoms with Gasteiger partial charge in [0.15, 0.2) is 0 Å². The number of hydrogen-bond acceptors (Lipinski definition) is 9. The Hall–Kier alpha value is -2.29. The van der Waals surface area contributed by atoms with Crippen molar-refractivity contribution in [2.75, 3.05) is 26.2 Å². The smallest absolute Gasteiger partial charge is 0.300 e. The van der Waals surface area contributed by atoms with E-state index in [9.17, 15) is 0 Å². The third-order valence-corrected chi connectivity index (χ3v) is 0.642. The molecule has 15 heteroatoms. The van der Waals surface area contributed by atoms with Crippen LogP contribution in [0.1, 0.15) is 34.6 Å². The number of hydrogen-bond donors (Lipinski definition) is 9. The summed E-state index contributed by atoms with van der Waals surface area (Å²) in [7, 11) is 0. The fourth-order valence-electron chi connectivity index (χ4n) is 0.329. The predicted molar refractivity (Wildman–Crippen MR) is 103 cm³/mol. The average Bonchev–Trinajstić information content (AvgIpc) is 2.35. The van der Waals surface area contributed by atoms with E-state index in [1.165, 1.54) is 0 Å². The minimum Gasteiger partial charge on any atom is -0.481 e. The summed E-state index contributed by atoms with van der Waals surface area (Å²) in [5.41, 5.74) is 10.3. The van der Waals surface area contributed by atoms with Crippen molar-refractivity contribution in [2.24, 2.45) is 11.5 Å². The van der Waals surface area contributed by atoms with Gasteiger partial charge >= 0.3 is 0 Å². The summed E-state index contributed by atoms with van der Waals surface area (Å²) in [6, 6.07) is 0. The number of aliphatic carboxylic acids is 5. The van der Waals surface area contributed by atoms with Gasteiger partial charge in [0.2, 0.25) is 0 Å². The van der Waals surface area contributed by atoms with E-state index < -0.39 is 29.8 Å². The molecule has 0 aliphatic heterocycles. The molecular weight excluding hydrogens is 440 g/mol. The van der Waals surface area contributed by atoms with E-state index in [4.69, 9.17) is 61.0 Å². The summed E-state index contributed by atoms with van der Waals surface area (Å²) >= 11 is 0. The molecule has 0 aliphatic carbocycles. The van der Waals surface area contributed by atoms with Gasteiger partial charge in [-0.1, -0.05) is 0 Å². The van der Waals surface area contributed by atoms with Gasteiger partial charge in [0.05, 0.1) is 0 Å². The maximum absolute atomic E-state index is 9.00. The second kappa shape index (κ2) is 50.1. The summed E-state index contributed by atoms with van der Waals surface area (Å²) in [4.78, 5) is 45.0. The molecule has 13 N–H and O–H groups in total. The van der Waals surface area contributed by atoms with Gasteiger partial charge in [0.1, 0.15) is 0 Å². The molecule has 0 radical (unpaired) electrons. The van der Waals surface area contributed by atoms with Crippen LogP contribution in [0.3, 0.4) is 0 Å². The number of nitrogens with one attached hydrogen (secondary N) is 1. The Labute approximate surface area is 180 Å². The minimum absolute atomic E-state index is 0. The zero-order valence-corrected chi connectivity index (χ0v) is 18.4. The van der Waals surface area contributed by atoms with Crippen molar-refractivity contribution >= 4 is 29.8 Å². The number of rotatable bonds is 4. The first-order valence-electron chi connectivity index (χ1n) is 7.16. The predicted octanol–water partition coefficient (Wildman–Crippen LogP) is -0.893. The van der Waals surface area contributed by atoms with Crippen molar-refractivity contribution in [3.8, 4) is 0 Å². The van der Waals surface area contributed by atoms with Crippen LogP contribution in [-0.4, -0.2) is 81.6 Å². The second-order valence-electron chi connectivity index (χ2n) is 3.92. The van der Waals surface area contributed by atoms with Crippen LogP contribution in [0.4, 0.5) is 0 Å². The van der Waals surface area contributed by atoms with Crippen LogP contribution in [0.5, 0.6) is 0 Å². The number of carboxylic acids is 5. The third kappa shape index (κ3) is 4950. The van der Waals surface area contributed by atoms with E-state index in [0.29, 0.717) is 13.1 Å². The minimum atomic E-state index is -0.833. The Bertz CT molecular complexity index is 292. The monoisotopic (exact) mass is 476 g/mol. The van der Waals surface area contributed by atoms with E-state index in [0.717, 1.165) is 47.7 Å². The molecule has 0 aromatic heterocycles. The molecular formula is C14H36FeN4O10. The summed E-state index contributed by atoms with van der Waals surface area (Å²) in [6.07, 6.45) is 0. The Kier molecular flexibility index (Phi) is 87.0. The topological polar surface area (TPSA) is 286 Å². The third-order valence-electron chi connectivity index (χ3n) is 0.642. The normalized spacial score (nSPS) is 6.59. The number of carboxylic acid groups (broad SMARTS) is 5. The van der Waals surface area contributed by atoms with Crippen molar-refractivity contribution in [1.82, 2.24) is 11.5 Å². The van der Waals surface area contributed by atoms with Gasteiger partial charge in [-0.25, -0.2) is 0 Å². The molecule has 29 heavy (non-hydrogen) atoms. The average molecular weight is 476 g/mol. The first-order chi connectivity index (χ1) is 12.1. The molecule has 14 nitrogen and oxygen atoms in total. The van der Waals surface area contributed by atoms with Crippen molar-refractivity contribution in [2.45, 2.75) is 34.6 Å². The molecule has 0 amide bonds. The van der Waals surface area contributed by atoms with E-state index >= 15 is 0 Å². The number of nitrogens with two attached hydrogens (primary N) is 2. The summed E-state index contributed by atoms with van der Waals surface area (Å²) in [6.45, 7) is 8.55. The Morgan fingerprint density at radius 1 is 0.586 bits per heavy atom. The summed E-state index contributed by atoms with van der Waals surface area (Å²) < 4.78 is 0. The van der Waals surface area contributed by atoms with Crippen LogP contribution in [0.2, 0.25) is 0 Å². The van der Waals surface area contributed by atoms with E-state index in [1.54, 1.807) is 0 Å². The largest absolute Gasteiger partial charge is 0.481 e. The molecule has 0 fully saturated rings. The summed E-state index contributed by atoms with van der Waals surface area (Å²) in [5.74, 6) is -4.17. The van der Waals surface area contributed by atoms with E-state index in [-0.39, 0.29) is 23.2 Å². The molecule has 0 aromatic carbocycles. The Morgan fingerprint density at radius 3 is 0.759 bits per heavy atom. The zero-order chi connectivity index (χ0) is 23.4. The molecule has 180 valence electrons. The first kappa shape index (κ1) is 50.4. The molecule has 0 bridgehead atoms. The zero-order valence-electron chi connectivity index (χ0n) is 17.3. The van der Waals surface area contributed by atoms with Gasteiger partial charge in [-0.05, 0) is 0 Å². The molecule has 0 unspecified atom stereocenters. The van der Waals surface area contributed by atoms with Crippen molar-refractivity contribution in [3.63, 3.8) is 0 Å². The van der Waals surface area contributed by atoms with E-state index in [1.807, 2.05) is 0 Å². The maximum Gasteiger partial charge on any atom is 0.300 e. The van der Waals surface area contributed by atoms with Gasteiger partial charge in [0.25, 0.3) is 29.8 Å². The van der Waals surface area contributed by atoms with Crippen LogP contribution in [0, 0.1) is 0 Å². The van der Waals surface area contributed by atoms with Crippen molar-refractivity contribution < 1.29 is 66.6 Å². The fourth-order valence-corrected chi connectivity index (χ4v) is 0.329. The molecule has 0 atom stereocenters. The molecule has 0 spiro atoms. The van der Waals surface area contributed by atoms with Crippen LogP contribution in [-0.2, 0) is 41.0 Å². The van der Waals surface area contributed by atoms with Crippen LogP contribution in [0.15, 0.2) is 0 Å². The van der Waals surface area contributed by atoms with Gasteiger partial charge in [-0.15, -0.1) is 0 Å². The molecule has 0 saturated heterocycles. The van der Waals surface area contributed by atoms with E-state index in [2.05, 4.69) is 5.32 Å². The van der Waals surface area contributed by atoms with Crippen molar-refractivity contribution in [1.29, 1.82) is 0 Å². The molecule has 0 aliphatic rings. The second-order valence-corrected chi connectivity index (χ2v) is 3.92. The maximum atomic E-state index is 9.00. The molecule has 0 saturated carbocycles. The van der Waals surface area contributed by atoms with Gasteiger partial charge < -0.3 is 48.5 Å². The van der Waals surface area contributed by atoms with Crippen LogP contribution < -0.4 is 22.9 Å². The first-order valence-corrected chi connectivity index (χ1v) is 7.16. The van der Waals surface area contributed by atoms with Gasteiger partial charge in [0, 0.05) is 77.9 Å². The standard InChI is InChI=1S/C4H13N3.5C2H4O2.Fe.H3N/c5-1-3-7-4-2-6;5*1-2(3)4;;/h7H,1-6H2;5*1H3,(H,3,4);;1H3. The number of carbonyl (C=O) groups is 5. The fraction of sp³-hybridized carbons (Fsp3) is 0.643.